The lowest BCUT2D eigenvalue weighted by Crippen LogP contribution is -2.25. The molecule has 1 N–H and O–H groups in total. The lowest BCUT2D eigenvalue weighted by molar-refractivity contribution is -0.384. The van der Waals surface area contributed by atoms with Gasteiger partial charge in [-0.25, -0.2) is 4.79 Å². The van der Waals surface area contributed by atoms with E-state index >= 15 is 0 Å². The second-order valence-corrected chi connectivity index (χ2v) is 6.36. The van der Waals surface area contributed by atoms with Crippen LogP contribution in [0.1, 0.15) is 25.3 Å². The van der Waals surface area contributed by atoms with Gasteiger partial charge in [-0.2, -0.15) is 5.26 Å². The molecule has 0 aliphatic heterocycles. The molecule has 0 unspecified atom stereocenters. The third-order valence-electron chi connectivity index (χ3n) is 4.01. The Hall–Kier alpha value is -4.19. The largest absolute Gasteiger partial charge is 0.482 e. The average Bonchev–Trinajstić information content (AvgIpc) is 2.77. The summed E-state index contributed by atoms with van der Waals surface area (Å²) in [5.74, 6) is -0.533. The number of nitro groups is 1. The fraction of sp³-hybridized carbons (Fsp3) is 0.227. The van der Waals surface area contributed by atoms with E-state index in [0.29, 0.717) is 17.9 Å². The molecule has 31 heavy (non-hydrogen) atoms. The van der Waals surface area contributed by atoms with E-state index in [4.69, 9.17) is 9.47 Å². The first-order valence-corrected chi connectivity index (χ1v) is 9.51. The summed E-state index contributed by atoms with van der Waals surface area (Å²) in [5, 5.41) is 22.5. The van der Waals surface area contributed by atoms with Crippen LogP contribution in [-0.2, 0) is 9.59 Å². The molecule has 0 bridgehead atoms. The molecule has 0 saturated carbocycles. The standard InChI is InChI=1S/C22H21N3O6/c1-2-3-12-24-22(27)17(14-23)13-16-4-8-20(9-5-16)31-21(26)15-30-19-10-6-18(7-11-19)25(28)29/h4-11,13H,2-3,12,15H2,1H3,(H,24,27)/b17-13+. The van der Waals surface area contributed by atoms with Crippen LogP contribution in [0.4, 0.5) is 5.69 Å². The fourth-order valence-corrected chi connectivity index (χ4v) is 2.39. The quantitative estimate of drug-likeness (QED) is 0.118. The normalized spacial score (nSPS) is 10.6. The number of hydrogen-bond donors (Lipinski definition) is 1. The molecule has 2 aromatic carbocycles. The van der Waals surface area contributed by atoms with Crippen LogP contribution in [0.3, 0.4) is 0 Å². The van der Waals surface area contributed by atoms with Crippen LogP contribution in [0.25, 0.3) is 6.08 Å². The number of nitro benzene ring substituents is 1. The zero-order valence-corrected chi connectivity index (χ0v) is 16.9. The molecule has 1 amide bonds. The second kappa shape index (κ2) is 11.7. The zero-order valence-electron chi connectivity index (χ0n) is 16.9. The Bertz CT molecular complexity index is 991. The predicted molar refractivity (Wildman–Crippen MR) is 112 cm³/mol. The minimum absolute atomic E-state index is 0.0163. The minimum atomic E-state index is -0.658. The fourth-order valence-electron chi connectivity index (χ4n) is 2.39. The number of unbranched alkanes of at least 4 members (excludes halogenated alkanes) is 1. The molecule has 9 nitrogen and oxygen atoms in total. The van der Waals surface area contributed by atoms with Crippen LogP contribution in [0, 0.1) is 21.4 Å². The SMILES string of the molecule is CCCCNC(=O)/C(C#N)=C/c1ccc(OC(=O)COc2ccc([N+](=O)[O-])cc2)cc1. The number of ether oxygens (including phenoxy) is 2. The summed E-state index contributed by atoms with van der Waals surface area (Å²) in [5.41, 5.74) is 0.503. The van der Waals surface area contributed by atoms with Gasteiger partial charge in [0, 0.05) is 18.7 Å². The maximum Gasteiger partial charge on any atom is 0.349 e. The van der Waals surface area contributed by atoms with Gasteiger partial charge >= 0.3 is 5.97 Å². The average molecular weight is 423 g/mol. The number of carbonyl (C=O) groups excluding carboxylic acids is 2. The summed E-state index contributed by atoms with van der Waals surface area (Å²) in [7, 11) is 0. The smallest absolute Gasteiger partial charge is 0.349 e. The van der Waals surface area contributed by atoms with Gasteiger partial charge in [0.15, 0.2) is 6.61 Å². The predicted octanol–water partition coefficient (Wildman–Crippen LogP) is 3.40. The molecule has 0 radical (unpaired) electrons. The summed E-state index contributed by atoms with van der Waals surface area (Å²) >= 11 is 0. The van der Waals surface area contributed by atoms with E-state index < -0.39 is 16.8 Å². The van der Waals surface area contributed by atoms with Crippen molar-refractivity contribution in [2.24, 2.45) is 0 Å². The Kier molecular flexibility index (Phi) is 8.73. The number of benzene rings is 2. The summed E-state index contributed by atoms with van der Waals surface area (Å²) in [6.45, 7) is 2.13. The van der Waals surface area contributed by atoms with Gasteiger partial charge in [0.25, 0.3) is 11.6 Å². The molecule has 160 valence electrons. The number of carbonyl (C=O) groups is 2. The van der Waals surface area contributed by atoms with Crippen LogP contribution in [0.2, 0.25) is 0 Å². The highest BCUT2D eigenvalue weighted by atomic mass is 16.6. The molecule has 0 spiro atoms. The van der Waals surface area contributed by atoms with E-state index in [-0.39, 0.29) is 23.6 Å². The van der Waals surface area contributed by atoms with Gasteiger partial charge < -0.3 is 14.8 Å². The van der Waals surface area contributed by atoms with Crippen molar-refractivity contribution in [3.63, 3.8) is 0 Å². The van der Waals surface area contributed by atoms with Gasteiger partial charge in [-0.05, 0) is 42.3 Å². The molecular formula is C22H21N3O6. The molecule has 0 fully saturated rings. The molecular weight excluding hydrogens is 402 g/mol. The molecule has 2 aromatic rings. The molecule has 0 aliphatic carbocycles. The van der Waals surface area contributed by atoms with Crippen LogP contribution in [0.15, 0.2) is 54.1 Å². The van der Waals surface area contributed by atoms with E-state index in [1.165, 1.54) is 42.5 Å². The van der Waals surface area contributed by atoms with Crippen molar-refractivity contribution in [3.05, 3.63) is 69.8 Å². The summed E-state index contributed by atoms with van der Waals surface area (Å²) in [6.07, 6.45) is 3.22. The van der Waals surface area contributed by atoms with Crippen molar-refractivity contribution in [1.29, 1.82) is 5.26 Å². The Balaban J connectivity index is 1.89. The van der Waals surface area contributed by atoms with Gasteiger partial charge in [-0.3, -0.25) is 14.9 Å². The first-order chi connectivity index (χ1) is 14.9. The van der Waals surface area contributed by atoms with Crippen molar-refractivity contribution < 1.29 is 24.0 Å². The Morgan fingerprint density at radius 1 is 1.13 bits per heavy atom. The molecule has 9 heteroatoms. The molecule has 0 atom stereocenters. The van der Waals surface area contributed by atoms with E-state index in [2.05, 4.69) is 5.32 Å². The molecule has 0 aromatic heterocycles. The van der Waals surface area contributed by atoms with Crippen molar-refractivity contribution >= 4 is 23.6 Å². The molecule has 0 aliphatic rings. The van der Waals surface area contributed by atoms with Crippen LogP contribution < -0.4 is 14.8 Å². The number of rotatable bonds is 10. The monoisotopic (exact) mass is 423 g/mol. The van der Waals surface area contributed by atoms with Gasteiger partial charge in [-0.1, -0.05) is 25.5 Å². The van der Waals surface area contributed by atoms with Gasteiger partial charge in [0.1, 0.15) is 23.1 Å². The van der Waals surface area contributed by atoms with Crippen LogP contribution in [0.5, 0.6) is 11.5 Å². The molecule has 2 rings (SSSR count). The topological polar surface area (TPSA) is 132 Å². The Morgan fingerprint density at radius 2 is 1.77 bits per heavy atom. The number of amides is 1. The van der Waals surface area contributed by atoms with Crippen molar-refractivity contribution in [2.75, 3.05) is 13.2 Å². The molecule has 0 saturated heterocycles. The minimum Gasteiger partial charge on any atom is -0.482 e. The highest BCUT2D eigenvalue weighted by Gasteiger charge is 2.10. The van der Waals surface area contributed by atoms with E-state index in [9.17, 15) is 25.0 Å². The number of nitriles is 1. The lowest BCUT2D eigenvalue weighted by atomic mass is 10.1. The second-order valence-electron chi connectivity index (χ2n) is 6.36. The third kappa shape index (κ3) is 7.62. The number of nitrogens with zero attached hydrogens (tertiary/aromatic N) is 2. The first kappa shape index (κ1) is 23.1. The summed E-state index contributed by atoms with van der Waals surface area (Å²) < 4.78 is 10.4. The number of non-ortho nitro benzene ring substituents is 1. The van der Waals surface area contributed by atoms with Gasteiger partial charge in [0.05, 0.1) is 4.92 Å². The lowest BCUT2D eigenvalue weighted by Gasteiger charge is -2.07. The number of esters is 1. The first-order valence-electron chi connectivity index (χ1n) is 9.51. The van der Waals surface area contributed by atoms with Crippen molar-refractivity contribution in [2.45, 2.75) is 19.8 Å². The maximum absolute atomic E-state index is 12.0. The van der Waals surface area contributed by atoms with Crippen molar-refractivity contribution in [3.8, 4) is 17.6 Å². The Morgan fingerprint density at radius 3 is 2.35 bits per heavy atom. The van der Waals surface area contributed by atoms with Crippen molar-refractivity contribution in [1.82, 2.24) is 5.32 Å². The summed E-state index contributed by atoms with van der Waals surface area (Å²) in [6, 6.07) is 13.5. The van der Waals surface area contributed by atoms with Crippen LogP contribution in [-0.4, -0.2) is 30.0 Å². The van der Waals surface area contributed by atoms with Gasteiger partial charge in [0.2, 0.25) is 0 Å². The van der Waals surface area contributed by atoms with E-state index in [1.54, 1.807) is 12.1 Å². The molecule has 0 heterocycles. The van der Waals surface area contributed by atoms with Crippen LogP contribution >= 0.6 is 0 Å². The maximum atomic E-state index is 12.0. The Labute approximate surface area is 179 Å². The summed E-state index contributed by atoms with van der Waals surface area (Å²) in [4.78, 5) is 34.0. The highest BCUT2D eigenvalue weighted by molar-refractivity contribution is 6.01. The highest BCUT2D eigenvalue weighted by Crippen LogP contribution is 2.18. The number of hydrogen-bond acceptors (Lipinski definition) is 7. The van der Waals surface area contributed by atoms with E-state index in [1.807, 2.05) is 13.0 Å². The van der Waals surface area contributed by atoms with E-state index in [0.717, 1.165) is 12.8 Å². The van der Waals surface area contributed by atoms with Gasteiger partial charge in [-0.15, -0.1) is 0 Å². The zero-order chi connectivity index (χ0) is 22.6. The number of nitrogens with one attached hydrogen (secondary N) is 1. The third-order valence-corrected chi connectivity index (χ3v) is 4.01.